The Hall–Kier alpha value is -0.0800. The first-order valence-corrected chi connectivity index (χ1v) is 5.68. The molecule has 2 fully saturated rings. The van der Waals surface area contributed by atoms with E-state index in [2.05, 4.69) is 11.8 Å². The normalized spacial score (nSPS) is 42.5. The van der Waals surface area contributed by atoms with Gasteiger partial charge in [0.25, 0.3) is 0 Å². The first-order valence-electron chi connectivity index (χ1n) is 5.68. The number of rotatable bonds is 1. The third-order valence-corrected chi connectivity index (χ3v) is 3.62. The molecular formula is C11H21NO. The van der Waals surface area contributed by atoms with Crippen molar-refractivity contribution in [2.75, 3.05) is 13.1 Å². The predicted molar refractivity (Wildman–Crippen MR) is 53.6 cm³/mol. The van der Waals surface area contributed by atoms with E-state index in [1.807, 2.05) is 0 Å². The third kappa shape index (κ3) is 2.23. The highest BCUT2D eigenvalue weighted by atomic mass is 16.3. The van der Waals surface area contributed by atoms with E-state index in [0.29, 0.717) is 0 Å². The topological polar surface area (TPSA) is 23.5 Å². The van der Waals surface area contributed by atoms with Crippen molar-refractivity contribution in [3.05, 3.63) is 0 Å². The van der Waals surface area contributed by atoms with Gasteiger partial charge in [-0.1, -0.05) is 19.8 Å². The van der Waals surface area contributed by atoms with Crippen LogP contribution in [0.25, 0.3) is 0 Å². The van der Waals surface area contributed by atoms with Crippen molar-refractivity contribution in [1.82, 2.24) is 4.90 Å². The molecule has 0 aromatic heterocycles. The van der Waals surface area contributed by atoms with E-state index in [1.54, 1.807) is 0 Å². The van der Waals surface area contributed by atoms with E-state index in [-0.39, 0.29) is 6.10 Å². The minimum Gasteiger partial charge on any atom is -0.392 e. The largest absolute Gasteiger partial charge is 0.392 e. The number of likely N-dealkylation sites (tertiary alicyclic amines) is 1. The Morgan fingerprint density at radius 3 is 2.69 bits per heavy atom. The standard InChI is InChI=1S/C11H21NO/c1-9-3-2-4-10(7-9)12-6-5-11(13)8-12/h9-11,13H,2-8H2,1H3/t9?,10?,11-/m1/s1. The lowest BCUT2D eigenvalue weighted by atomic mass is 9.86. The molecule has 0 aromatic carbocycles. The highest BCUT2D eigenvalue weighted by Crippen LogP contribution is 2.29. The molecule has 2 nitrogen and oxygen atoms in total. The van der Waals surface area contributed by atoms with Crippen LogP contribution in [0.2, 0.25) is 0 Å². The second-order valence-electron chi connectivity index (χ2n) is 4.86. The van der Waals surface area contributed by atoms with Crippen LogP contribution in [0.5, 0.6) is 0 Å². The summed E-state index contributed by atoms with van der Waals surface area (Å²) in [6, 6.07) is 0.779. The van der Waals surface area contributed by atoms with Crippen LogP contribution in [-0.2, 0) is 0 Å². The van der Waals surface area contributed by atoms with Crippen LogP contribution >= 0.6 is 0 Å². The quantitative estimate of drug-likeness (QED) is 0.668. The zero-order valence-electron chi connectivity index (χ0n) is 8.58. The molecule has 0 amide bonds. The highest BCUT2D eigenvalue weighted by molar-refractivity contribution is 4.84. The number of β-amino-alcohol motifs (C(OH)–C–C–N with tert-alkyl or cyclic N) is 1. The summed E-state index contributed by atoms with van der Waals surface area (Å²) in [4.78, 5) is 2.50. The maximum absolute atomic E-state index is 9.45. The van der Waals surface area contributed by atoms with Gasteiger partial charge in [-0.2, -0.15) is 0 Å². The van der Waals surface area contributed by atoms with E-state index >= 15 is 0 Å². The molecule has 2 aliphatic rings. The third-order valence-electron chi connectivity index (χ3n) is 3.62. The second kappa shape index (κ2) is 3.97. The van der Waals surface area contributed by atoms with Crippen molar-refractivity contribution in [2.45, 2.75) is 51.2 Å². The van der Waals surface area contributed by atoms with Gasteiger partial charge in [-0.05, 0) is 25.2 Å². The number of nitrogens with zero attached hydrogens (tertiary/aromatic N) is 1. The fourth-order valence-corrected chi connectivity index (χ4v) is 2.83. The number of hydrogen-bond donors (Lipinski definition) is 1. The maximum atomic E-state index is 9.45. The van der Waals surface area contributed by atoms with Gasteiger partial charge in [0.1, 0.15) is 0 Å². The van der Waals surface area contributed by atoms with E-state index < -0.39 is 0 Å². The molecule has 2 heteroatoms. The Morgan fingerprint density at radius 1 is 1.23 bits per heavy atom. The molecule has 2 unspecified atom stereocenters. The van der Waals surface area contributed by atoms with Crippen LogP contribution in [-0.4, -0.2) is 35.2 Å². The summed E-state index contributed by atoms with van der Waals surface area (Å²) in [5, 5.41) is 9.45. The zero-order valence-corrected chi connectivity index (χ0v) is 8.58. The van der Waals surface area contributed by atoms with Crippen molar-refractivity contribution in [2.24, 2.45) is 5.92 Å². The first-order chi connectivity index (χ1) is 6.25. The molecule has 13 heavy (non-hydrogen) atoms. The molecule has 1 N–H and O–H groups in total. The summed E-state index contributed by atoms with van der Waals surface area (Å²) in [5.41, 5.74) is 0. The van der Waals surface area contributed by atoms with Crippen molar-refractivity contribution >= 4 is 0 Å². The van der Waals surface area contributed by atoms with Gasteiger partial charge in [-0.15, -0.1) is 0 Å². The molecule has 76 valence electrons. The van der Waals surface area contributed by atoms with Crippen LogP contribution in [0.15, 0.2) is 0 Å². The van der Waals surface area contributed by atoms with Crippen molar-refractivity contribution in [1.29, 1.82) is 0 Å². The molecule has 1 aliphatic carbocycles. The van der Waals surface area contributed by atoms with Gasteiger partial charge >= 0.3 is 0 Å². The summed E-state index contributed by atoms with van der Waals surface area (Å²) >= 11 is 0. The highest BCUT2D eigenvalue weighted by Gasteiger charge is 2.29. The first kappa shape index (κ1) is 9.47. The van der Waals surface area contributed by atoms with Crippen LogP contribution in [0.4, 0.5) is 0 Å². The molecule has 0 spiro atoms. The predicted octanol–water partition coefficient (Wildman–Crippen LogP) is 1.63. The van der Waals surface area contributed by atoms with Gasteiger partial charge in [0.2, 0.25) is 0 Å². The van der Waals surface area contributed by atoms with Crippen molar-refractivity contribution < 1.29 is 5.11 Å². The average Bonchev–Trinajstić information content (AvgIpc) is 2.52. The Balaban J connectivity index is 1.85. The van der Waals surface area contributed by atoms with E-state index in [4.69, 9.17) is 0 Å². The summed E-state index contributed by atoms with van der Waals surface area (Å²) < 4.78 is 0. The second-order valence-corrected chi connectivity index (χ2v) is 4.86. The summed E-state index contributed by atoms with van der Waals surface area (Å²) in [6.45, 7) is 4.41. The van der Waals surface area contributed by atoms with Crippen LogP contribution in [0.1, 0.15) is 39.0 Å². The Kier molecular flexibility index (Phi) is 2.89. The molecular weight excluding hydrogens is 162 g/mol. The monoisotopic (exact) mass is 183 g/mol. The fraction of sp³-hybridized carbons (Fsp3) is 1.00. The molecule has 1 heterocycles. The Bertz CT molecular complexity index is 171. The van der Waals surface area contributed by atoms with Gasteiger partial charge in [0.15, 0.2) is 0 Å². The number of aliphatic hydroxyl groups is 1. The molecule has 0 radical (unpaired) electrons. The maximum Gasteiger partial charge on any atom is 0.0679 e. The van der Waals surface area contributed by atoms with E-state index in [1.165, 1.54) is 25.7 Å². The van der Waals surface area contributed by atoms with Crippen molar-refractivity contribution in [3.8, 4) is 0 Å². The summed E-state index contributed by atoms with van der Waals surface area (Å²) in [6.07, 6.45) is 6.46. The van der Waals surface area contributed by atoms with Crippen molar-refractivity contribution in [3.63, 3.8) is 0 Å². The number of hydrogen-bond acceptors (Lipinski definition) is 2. The lowest BCUT2D eigenvalue weighted by molar-refractivity contribution is 0.129. The van der Waals surface area contributed by atoms with Gasteiger partial charge < -0.3 is 5.11 Å². The van der Waals surface area contributed by atoms with Gasteiger partial charge in [-0.3, -0.25) is 4.90 Å². The average molecular weight is 183 g/mol. The molecule has 3 atom stereocenters. The zero-order chi connectivity index (χ0) is 9.26. The lowest BCUT2D eigenvalue weighted by Gasteiger charge is -2.33. The van der Waals surface area contributed by atoms with E-state index in [0.717, 1.165) is 31.5 Å². The van der Waals surface area contributed by atoms with Crippen LogP contribution < -0.4 is 0 Å². The molecule has 0 bridgehead atoms. The minimum atomic E-state index is -0.0442. The lowest BCUT2D eigenvalue weighted by Crippen LogP contribution is -2.37. The van der Waals surface area contributed by atoms with Gasteiger partial charge in [0.05, 0.1) is 6.10 Å². The summed E-state index contributed by atoms with van der Waals surface area (Å²) in [7, 11) is 0. The molecule has 1 saturated heterocycles. The SMILES string of the molecule is CC1CCCC(N2CC[C@@H](O)C2)C1. The van der Waals surface area contributed by atoms with Gasteiger partial charge in [-0.25, -0.2) is 0 Å². The minimum absolute atomic E-state index is 0.0442. The molecule has 1 saturated carbocycles. The molecule has 2 rings (SSSR count). The molecule has 1 aliphatic heterocycles. The van der Waals surface area contributed by atoms with Crippen LogP contribution in [0.3, 0.4) is 0 Å². The number of aliphatic hydroxyl groups excluding tert-OH is 1. The fourth-order valence-electron chi connectivity index (χ4n) is 2.83. The molecule has 0 aromatic rings. The Labute approximate surface area is 80.9 Å². The van der Waals surface area contributed by atoms with E-state index in [9.17, 15) is 5.11 Å². The smallest absolute Gasteiger partial charge is 0.0679 e. The Morgan fingerprint density at radius 2 is 2.08 bits per heavy atom. The van der Waals surface area contributed by atoms with Gasteiger partial charge in [0, 0.05) is 19.1 Å². The van der Waals surface area contributed by atoms with Crippen LogP contribution in [0, 0.1) is 5.92 Å². The summed E-state index contributed by atoms with van der Waals surface area (Å²) in [5.74, 6) is 0.900.